The molecule has 0 aliphatic rings. The quantitative estimate of drug-likeness (QED) is 0.394. The number of hydrogen-bond donors (Lipinski definition) is 3. The van der Waals surface area contributed by atoms with Crippen molar-refractivity contribution in [2.75, 3.05) is 18.5 Å². The summed E-state index contributed by atoms with van der Waals surface area (Å²) in [5.74, 6) is -1.70. The number of nitrogens with zero attached hydrogens (tertiary/aromatic N) is 2. The Hall–Kier alpha value is -3.88. The van der Waals surface area contributed by atoms with Crippen LogP contribution < -0.4 is 10.1 Å². The molecule has 9 heteroatoms. The molecule has 0 unspecified atom stereocenters. The summed E-state index contributed by atoms with van der Waals surface area (Å²) in [4.78, 5) is 32.6. The van der Waals surface area contributed by atoms with Crippen LogP contribution in [0.15, 0.2) is 30.5 Å². The lowest BCUT2D eigenvalue weighted by Gasteiger charge is -2.16. The molecule has 0 atom stereocenters. The third-order valence-electron chi connectivity index (χ3n) is 4.29. The zero-order valence-electron chi connectivity index (χ0n) is 16.7. The summed E-state index contributed by atoms with van der Waals surface area (Å²) in [5, 5.41) is 22.6. The number of benzene rings is 1. The third kappa shape index (κ3) is 4.09. The third-order valence-corrected chi connectivity index (χ3v) is 4.29. The molecule has 0 amide bonds. The number of aromatic hydroxyl groups is 1. The molecule has 0 radical (unpaired) electrons. The number of nitrogens with one attached hydrogen (secondary N) is 1. The van der Waals surface area contributed by atoms with Crippen molar-refractivity contribution in [3.8, 4) is 11.5 Å². The molecular weight excluding hydrogens is 390 g/mol. The summed E-state index contributed by atoms with van der Waals surface area (Å²) < 4.78 is 10.8. The molecule has 1 aromatic carbocycles. The molecule has 0 saturated carbocycles. The second-order valence-corrected chi connectivity index (χ2v) is 6.31. The van der Waals surface area contributed by atoms with E-state index < -0.39 is 11.9 Å². The predicted octanol–water partition coefficient (Wildman–Crippen LogP) is 3.66. The second kappa shape index (κ2) is 8.64. The van der Waals surface area contributed by atoms with Gasteiger partial charge in [0.2, 0.25) is 0 Å². The van der Waals surface area contributed by atoms with E-state index in [1.165, 1.54) is 24.4 Å². The van der Waals surface area contributed by atoms with E-state index in [4.69, 9.17) is 9.47 Å². The summed E-state index contributed by atoms with van der Waals surface area (Å²) in [5.41, 5.74) is 1.59. The van der Waals surface area contributed by atoms with Crippen LogP contribution in [0, 0.1) is 6.92 Å². The van der Waals surface area contributed by atoms with Crippen molar-refractivity contribution < 1.29 is 29.3 Å². The van der Waals surface area contributed by atoms with Gasteiger partial charge in [0.1, 0.15) is 22.6 Å². The number of carboxylic acid groups (broad SMARTS) is 1. The Labute approximate surface area is 172 Å². The van der Waals surface area contributed by atoms with Gasteiger partial charge in [0, 0.05) is 17.3 Å². The fourth-order valence-corrected chi connectivity index (χ4v) is 2.92. The molecule has 0 aliphatic heterocycles. The lowest BCUT2D eigenvalue weighted by molar-refractivity contribution is 0.0526. The fourth-order valence-electron chi connectivity index (χ4n) is 2.92. The SMILES string of the molecule is CCOC(=O)c1cnc2nc(C)c(OCC)cc2c1Nc1ccc(O)c(C(=O)O)c1. The topological polar surface area (TPSA) is 131 Å². The number of hydrogen-bond acceptors (Lipinski definition) is 8. The van der Waals surface area contributed by atoms with Crippen LogP contribution in [0.4, 0.5) is 11.4 Å². The van der Waals surface area contributed by atoms with E-state index in [0.29, 0.717) is 40.5 Å². The molecule has 9 nitrogen and oxygen atoms in total. The lowest BCUT2D eigenvalue weighted by Crippen LogP contribution is -2.10. The largest absolute Gasteiger partial charge is 0.507 e. The van der Waals surface area contributed by atoms with Crippen LogP contribution in [0.1, 0.15) is 40.3 Å². The van der Waals surface area contributed by atoms with Crippen LogP contribution in [-0.2, 0) is 4.74 Å². The molecule has 3 rings (SSSR count). The highest BCUT2D eigenvalue weighted by Gasteiger charge is 2.20. The van der Waals surface area contributed by atoms with Crippen molar-refractivity contribution in [2.45, 2.75) is 20.8 Å². The zero-order valence-corrected chi connectivity index (χ0v) is 16.7. The summed E-state index contributed by atoms with van der Waals surface area (Å²) >= 11 is 0. The molecule has 2 aromatic heterocycles. The number of phenols is 1. The minimum Gasteiger partial charge on any atom is -0.507 e. The van der Waals surface area contributed by atoms with Crippen molar-refractivity contribution in [1.29, 1.82) is 0 Å². The molecule has 156 valence electrons. The number of carbonyl (C=O) groups is 2. The maximum absolute atomic E-state index is 12.5. The number of ether oxygens (including phenoxy) is 2. The predicted molar refractivity (Wildman–Crippen MR) is 110 cm³/mol. The molecule has 0 spiro atoms. The highest BCUT2D eigenvalue weighted by atomic mass is 16.5. The van der Waals surface area contributed by atoms with E-state index in [1.807, 2.05) is 6.92 Å². The molecule has 3 N–H and O–H groups in total. The van der Waals surface area contributed by atoms with Gasteiger partial charge in [0.25, 0.3) is 0 Å². The van der Waals surface area contributed by atoms with Crippen LogP contribution in [0.3, 0.4) is 0 Å². The smallest absolute Gasteiger partial charge is 0.341 e. The minimum atomic E-state index is -1.28. The van der Waals surface area contributed by atoms with E-state index in [2.05, 4.69) is 15.3 Å². The van der Waals surface area contributed by atoms with Gasteiger partial charge in [-0.2, -0.15) is 0 Å². The zero-order chi connectivity index (χ0) is 21.8. The number of carbonyl (C=O) groups excluding carboxylic acids is 1. The standard InChI is InChI=1S/C21H21N3O6/c1-4-29-17-9-14-18(24-12-6-7-16(25)13(8-12)20(26)27)15(21(28)30-5-2)10-22-19(14)23-11(17)3/h6-10,25H,4-5H2,1-3H3,(H,26,27)(H,22,23,24). The van der Waals surface area contributed by atoms with E-state index in [0.717, 1.165) is 0 Å². The van der Waals surface area contributed by atoms with Crippen LogP contribution in [0.2, 0.25) is 0 Å². The van der Waals surface area contributed by atoms with E-state index in [1.54, 1.807) is 19.9 Å². The number of esters is 1. The molecule has 0 fully saturated rings. The van der Waals surface area contributed by atoms with Gasteiger partial charge in [-0.25, -0.2) is 19.6 Å². The Morgan fingerprint density at radius 3 is 2.57 bits per heavy atom. The van der Waals surface area contributed by atoms with E-state index in [9.17, 15) is 19.8 Å². The van der Waals surface area contributed by atoms with Crippen LogP contribution in [0.5, 0.6) is 11.5 Å². The van der Waals surface area contributed by atoms with Crippen molar-refractivity contribution >= 4 is 34.3 Å². The van der Waals surface area contributed by atoms with Gasteiger partial charge in [0.15, 0.2) is 5.65 Å². The Bertz CT molecular complexity index is 1130. The van der Waals surface area contributed by atoms with Crippen molar-refractivity contribution in [2.24, 2.45) is 0 Å². The second-order valence-electron chi connectivity index (χ2n) is 6.31. The first-order valence-electron chi connectivity index (χ1n) is 9.29. The number of aryl methyl sites for hydroxylation is 1. The summed E-state index contributed by atoms with van der Waals surface area (Å²) in [7, 11) is 0. The number of anilines is 2. The molecule has 2 heterocycles. The first-order chi connectivity index (χ1) is 14.3. The molecular formula is C21H21N3O6. The number of fused-ring (bicyclic) bond motifs is 1. The fraction of sp³-hybridized carbons (Fsp3) is 0.238. The number of carboxylic acids is 1. The number of aromatic nitrogens is 2. The first kappa shape index (κ1) is 20.8. The Kier molecular flexibility index (Phi) is 6.01. The van der Waals surface area contributed by atoms with Gasteiger partial charge in [-0.15, -0.1) is 0 Å². The van der Waals surface area contributed by atoms with E-state index in [-0.39, 0.29) is 23.5 Å². The average Bonchev–Trinajstić information content (AvgIpc) is 2.70. The van der Waals surface area contributed by atoms with Gasteiger partial charge in [0.05, 0.1) is 24.6 Å². The molecule has 0 saturated heterocycles. The van der Waals surface area contributed by atoms with Gasteiger partial charge in [-0.3, -0.25) is 0 Å². The van der Waals surface area contributed by atoms with E-state index >= 15 is 0 Å². The normalized spacial score (nSPS) is 10.6. The number of aromatic carboxylic acids is 1. The molecule has 0 bridgehead atoms. The Morgan fingerprint density at radius 2 is 1.90 bits per heavy atom. The highest BCUT2D eigenvalue weighted by molar-refractivity contribution is 6.06. The Balaban J connectivity index is 2.21. The Morgan fingerprint density at radius 1 is 1.13 bits per heavy atom. The molecule has 30 heavy (non-hydrogen) atoms. The van der Waals surface area contributed by atoms with Gasteiger partial charge in [-0.05, 0) is 45.0 Å². The van der Waals surface area contributed by atoms with Crippen molar-refractivity contribution in [1.82, 2.24) is 9.97 Å². The highest BCUT2D eigenvalue weighted by Crippen LogP contribution is 2.33. The first-order valence-corrected chi connectivity index (χ1v) is 9.29. The summed E-state index contributed by atoms with van der Waals surface area (Å²) in [6.07, 6.45) is 1.36. The minimum absolute atomic E-state index is 0.155. The maximum atomic E-state index is 12.5. The average molecular weight is 411 g/mol. The lowest BCUT2D eigenvalue weighted by atomic mass is 10.1. The molecule has 3 aromatic rings. The monoisotopic (exact) mass is 411 g/mol. The van der Waals surface area contributed by atoms with Crippen LogP contribution in [0.25, 0.3) is 11.0 Å². The summed E-state index contributed by atoms with van der Waals surface area (Å²) in [6.45, 7) is 5.94. The van der Waals surface area contributed by atoms with Gasteiger partial charge >= 0.3 is 11.9 Å². The number of rotatable bonds is 7. The van der Waals surface area contributed by atoms with Crippen LogP contribution >= 0.6 is 0 Å². The summed E-state index contributed by atoms with van der Waals surface area (Å²) in [6, 6.07) is 5.74. The van der Waals surface area contributed by atoms with Gasteiger partial charge in [-0.1, -0.05) is 0 Å². The number of pyridine rings is 2. The van der Waals surface area contributed by atoms with Crippen LogP contribution in [-0.4, -0.2) is 45.3 Å². The van der Waals surface area contributed by atoms with Crippen molar-refractivity contribution in [3.63, 3.8) is 0 Å². The maximum Gasteiger partial charge on any atom is 0.341 e. The van der Waals surface area contributed by atoms with Gasteiger partial charge < -0.3 is 25.0 Å². The van der Waals surface area contributed by atoms with Crippen molar-refractivity contribution in [3.05, 3.63) is 47.3 Å². The molecule has 0 aliphatic carbocycles.